The lowest BCUT2D eigenvalue weighted by molar-refractivity contribution is 1.12. The number of H-pyrrole nitrogens is 2. The molecule has 0 radical (unpaired) electrons. The Morgan fingerprint density at radius 3 is 2.54 bits per heavy atom. The molecule has 6 heteroatoms. The molecule has 190 valence electrons. The highest BCUT2D eigenvalue weighted by atomic mass is 32.1. The van der Waals surface area contributed by atoms with Crippen LogP contribution in [-0.2, 0) is 0 Å². The summed E-state index contributed by atoms with van der Waals surface area (Å²) in [4.78, 5) is 9.36. The van der Waals surface area contributed by atoms with Gasteiger partial charge in [-0.3, -0.25) is 10.1 Å². The molecule has 39 heavy (non-hydrogen) atoms. The molecule has 0 amide bonds. The molecule has 0 saturated carbocycles. The normalized spacial score (nSPS) is 12.2. The van der Waals surface area contributed by atoms with Crippen molar-refractivity contribution in [3.8, 4) is 22.0 Å². The van der Waals surface area contributed by atoms with Gasteiger partial charge in [0.25, 0.3) is 0 Å². The largest absolute Gasteiger partial charge is 0.356 e. The summed E-state index contributed by atoms with van der Waals surface area (Å²) in [5.41, 5.74) is 9.68. The van der Waals surface area contributed by atoms with Crippen LogP contribution < -0.4 is 5.32 Å². The van der Waals surface area contributed by atoms with E-state index in [1.165, 1.54) is 0 Å². The molecule has 4 heterocycles. The molecule has 0 atom stereocenters. The summed E-state index contributed by atoms with van der Waals surface area (Å²) in [7, 11) is 0. The van der Waals surface area contributed by atoms with E-state index in [4.69, 9.17) is 0 Å². The van der Waals surface area contributed by atoms with Gasteiger partial charge in [-0.05, 0) is 71.5 Å². The Kier molecular flexibility index (Phi) is 6.53. The van der Waals surface area contributed by atoms with Crippen molar-refractivity contribution >= 4 is 44.4 Å². The number of aromatic nitrogens is 4. The summed E-state index contributed by atoms with van der Waals surface area (Å²) in [6.07, 6.45) is 7.84. The average Bonchev–Trinajstić information content (AvgIpc) is 3.74. The number of benzene rings is 2. The lowest BCUT2D eigenvalue weighted by atomic mass is 10.0. The Balaban J connectivity index is 1.36. The van der Waals surface area contributed by atoms with E-state index >= 15 is 0 Å². The maximum absolute atomic E-state index is 4.68. The first-order chi connectivity index (χ1) is 19.1. The van der Waals surface area contributed by atoms with Crippen molar-refractivity contribution in [1.29, 1.82) is 0 Å². The lowest BCUT2D eigenvalue weighted by Gasteiger charge is -2.12. The van der Waals surface area contributed by atoms with Gasteiger partial charge in [0.05, 0.1) is 21.8 Å². The van der Waals surface area contributed by atoms with Crippen molar-refractivity contribution < 1.29 is 0 Å². The van der Waals surface area contributed by atoms with Gasteiger partial charge in [0.2, 0.25) is 0 Å². The molecular weight excluding hydrogens is 498 g/mol. The van der Waals surface area contributed by atoms with Crippen LogP contribution in [0.3, 0.4) is 0 Å². The maximum atomic E-state index is 4.68. The van der Waals surface area contributed by atoms with Gasteiger partial charge in [-0.15, -0.1) is 11.3 Å². The fraction of sp³-hybridized carbons (Fsp3) is 0.0303. The van der Waals surface area contributed by atoms with E-state index in [1.807, 2.05) is 55.6 Å². The third-order valence-electron chi connectivity index (χ3n) is 6.71. The highest BCUT2D eigenvalue weighted by molar-refractivity contribution is 7.13. The van der Waals surface area contributed by atoms with Crippen LogP contribution in [0.15, 0.2) is 121 Å². The van der Waals surface area contributed by atoms with Crippen molar-refractivity contribution in [1.82, 2.24) is 25.5 Å². The molecule has 0 aliphatic rings. The number of pyridine rings is 1. The first-order valence-electron chi connectivity index (χ1n) is 12.7. The van der Waals surface area contributed by atoms with Crippen molar-refractivity contribution in [2.45, 2.75) is 6.92 Å². The summed E-state index contributed by atoms with van der Waals surface area (Å²) in [5, 5.41) is 15.5. The predicted octanol–water partition coefficient (Wildman–Crippen LogP) is 8.57. The first kappa shape index (κ1) is 24.4. The first-order valence-corrected chi connectivity index (χ1v) is 13.5. The predicted molar refractivity (Wildman–Crippen MR) is 165 cm³/mol. The van der Waals surface area contributed by atoms with Gasteiger partial charge >= 0.3 is 0 Å². The summed E-state index contributed by atoms with van der Waals surface area (Å²) in [6, 6.07) is 24.7. The Bertz CT molecular complexity index is 1870. The molecule has 0 spiro atoms. The van der Waals surface area contributed by atoms with Gasteiger partial charge in [0.1, 0.15) is 5.69 Å². The zero-order chi connectivity index (χ0) is 26.8. The molecule has 0 unspecified atom stereocenters. The quantitative estimate of drug-likeness (QED) is 0.174. The van der Waals surface area contributed by atoms with Gasteiger partial charge in [-0.2, -0.15) is 5.10 Å². The summed E-state index contributed by atoms with van der Waals surface area (Å²) in [5.74, 6) is 0. The lowest BCUT2D eigenvalue weighted by Crippen LogP contribution is -2.09. The zero-order valence-electron chi connectivity index (χ0n) is 21.5. The summed E-state index contributed by atoms with van der Waals surface area (Å²) >= 11 is 1.69. The highest BCUT2D eigenvalue weighted by Crippen LogP contribution is 2.35. The zero-order valence-corrected chi connectivity index (χ0v) is 22.3. The third-order valence-corrected chi connectivity index (χ3v) is 7.59. The van der Waals surface area contributed by atoms with Crippen LogP contribution >= 0.6 is 11.3 Å². The second-order valence-electron chi connectivity index (χ2n) is 9.13. The molecule has 6 aromatic rings. The SMILES string of the molecule is C=C/C(=C\C(=C/C)c1ccc2[nH]nc(-c3cc4c(-c5cccs5)nccc4[nH]3)c2c1)NC(=C)c1ccccc1. The van der Waals surface area contributed by atoms with Crippen LogP contribution in [-0.4, -0.2) is 20.2 Å². The van der Waals surface area contributed by atoms with Crippen LogP contribution in [0.25, 0.3) is 55.0 Å². The standard InChI is InChI=1S/C33H27N5S/c1-4-22(18-25(5-2)35-21(3)23-10-7-6-8-11-23)24-13-14-29-26(19-24)32(38-37-29)30-20-27-28(36-30)15-16-34-33(27)31-12-9-17-39-31/h4-20,35-36H,2-3H2,1H3,(H,37,38)/b22-4+,25-18+. The van der Waals surface area contributed by atoms with E-state index in [9.17, 15) is 0 Å². The van der Waals surface area contributed by atoms with Gasteiger partial charge in [-0.25, -0.2) is 0 Å². The number of aromatic amines is 2. The maximum Gasteiger partial charge on any atom is 0.116 e. The van der Waals surface area contributed by atoms with E-state index in [2.05, 4.69) is 92.6 Å². The molecule has 2 aromatic carbocycles. The van der Waals surface area contributed by atoms with E-state index in [-0.39, 0.29) is 0 Å². The van der Waals surface area contributed by atoms with Crippen LogP contribution in [0.1, 0.15) is 18.1 Å². The molecule has 0 fully saturated rings. The Morgan fingerprint density at radius 1 is 0.923 bits per heavy atom. The van der Waals surface area contributed by atoms with E-state index in [0.717, 1.165) is 71.9 Å². The molecule has 0 bridgehead atoms. The number of rotatable bonds is 8. The summed E-state index contributed by atoms with van der Waals surface area (Å²) in [6.45, 7) is 10.2. The molecule has 4 aromatic heterocycles. The highest BCUT2D eigenvalue weighted by Gasteiger charge is 2.15. The molecule has 0 aliphatic heterocycles. The fourth-order valence-electron chi connectivity index (χ4n) is 4.72. The van der Waals surface area contributed by atoms with Gasteiger partial charge < -0.3 is 10.3 Å². The fourth-order valence-corrected chi connectivity index (χ4v) is 5.46. The number of nitrogens with one attached hydrogen (secondary N) is 3. The van der Waals surface area contributed by atoms with Gasteiger partial charge in [-0.1, -0.05) is 61.7 Å². The number of thiophene rings is 1. The number of allylic oxidation sites excluding steroid dienone is 4. The van der Waals surface area contributed by atoms with E-state index in [1.54, 1.807) is 11.3 Å². The van der Waals surface area contributed by atoms with Gasteiger partial charge in [0.15, 0.2) is 0 Å². The monoisotopic (exact) mass is 525 g/mol. The van der Waals surface area contributed by atoms with Crippen molar-refractivity contribution in [2.24, 2.45) is 0 Å². The number of hydrogen-bond acceptors (Lipinski definition) is 4. The number of hydrogen-bond donors (Lipinski definition) is 3. The molecule has 6 rings (SSSR count). The minimum Gasteiger partial charge on any atom is -0.356 e. The van der Waals surface area contributed by atoms with E-state index < -0.39 is 0 Å². The smallest absolute Gasteiger partial charge is 0.116 e. The van der Waals surface area contributed by atoms with Crippen molar-refractivity contribution in [3.05, 3.63) is 133 Å². The second kappa shape index (κ2) is 10.4. The Morgan fingerprint density at radius 2 is 1.77 bits per heavy atom. The summed E-state index contributed by atoms with van der Waals surface area (Å²) < 4.78 is 0. The van der Waals surface area contributed by atoms with Crippen LogP contribution in [0.2, 0.25) is 0 Å². The molecule has 0 aliphatic carbocycles. The molecular formula is C33H27N5S. The third kappa shape index (κ3) is 4.74. The average molecular weight is 526 g/mol. The Hall–Kier alpha value is -4.94. The van der Waals surface area contributed by atoms with Gasteiger partial charge in [0, 0.05) is 33.9 Å². The minimum atomic E-state index is 0.819. The van der Waals surface area contributed by atoms with E-state index in [0.29, 0.717) is 0 Å². The molecule has 5 nitrogen and oxygen atoms in total. The van der Waals surface area contributed by atoms with Crippen LogP contribution in [0, 0.1) is 0 Å². The molecule has 3 N–H and O–H groups in total. The molecule has 0 saturated heterocycles. The number of nitrogens with zero attached hydrogens (tertiary/aromatic N) is 2. The van der Waals surface area contributed by atoms with Crippen molar-refractivity contribution in [2.75, 3.05) is 0 Å². The van der Waals surface area contributed by atoms with Crippen LogP contribution in [0.5, 0.6) is 0 Å². The number of fused-ring (bicyclic) bond motifs is 2. The topological polar surface area (TPSA) is 69.4 Å². The Labute approximate surface area is 231 Å². The second-order valence-corrected chi connectivity index (χ2v) is 10.1. The van der Waals surface area contributed by atoms with Crippen molar-refractivity contribution in [3.63, 3.8) is 0 Å². The van der Waals surface area contributed by atoms with Crippen LogP contribution in [0.4, 0.5) is 0 Å². The minimum absolute atomic E-state index is 0.819.